The molecule has 0 aromatic carbocycles. The third kappa shape index (κ3) is 3.29. The minimum absolute atomic E-state index is 0.181. The largest absolute Gasteiger partial charge is 0.369 e. The number of fused-ring (bicyclic) bond motifs is 2. The number of hydrogen-bond donors (Lipinski definition) is 2. The fourth-order valence-electron chi connectivity index (χ4n) is 3.73. The van der Waals surface area contributed by atoms with E-state index in [1.807, 2.05) is 13.8 Å². The highest BCUT2D eigenvalue weighted by Crippen LogP contribution is 2.36. The summed E-state index contributed by atoms with van der Waals surface area (Å²) in [4.78, 5) is 14.1. The molecule has 2 fully saturated rings. The number of carbonyl (C=O) groups excluding carboxylic acids is 1. The minimum Gasteiger partial charge on any atom is -0.369 e. The van der Waals surface area contributed by atoms with Gasteiger partial charge in [0, 0.05) is 24.7 Å². The molecule has 0 aromatic heterocycles. The first-order valence-corrected chi connectivity index (χ1v) is 7.73. The third-order valence-electron chi connectivity index (χ3n) is 4.86. The summed E-state index contributed by atoms with van der Waals surface area (Å²) in [7, 11) is 0. The van der Waals surface area contributed by atoms with Gasteiger partial charge in [0.1, 0.15) is 0 Å². The van der Waals surface area contributed by atoms with Crippen molar-refractivity contribution in [1.82, 2.24) is 10.2 Å². The number of nitrogens with zero attached hydrogens (tertiary/aromatic N) is 1. The zero-order chi connectivity index (χ0) is 14.0. The summed E-state index contributed by atoms with van der Waals surface area (Å²) >= 11 is 0. The Morgan fingerprint density at radius 2 is 1.89 bits per heavy atom. The van der Waals surface area contributed by atoms with Crippen molar-refractivity contribution >= 4 is 5.91 Å². The Morgan fingerprint density at radius 1 is 1.32 bits per heavy atom. The van der Waals surface area contributed by atoms with Gasteiger partial charge in [0.05, 0.1) is 5.41 Å². The molecule has 2 aliphatic rings. The van der Waals surface area contributed by atoms with Crippen LogP contribution in [0, 0.1) is 5.41 Å². The van der Waals surface area contributed by atoms with Crippen LogP contribution in [-0.2, 0) is 4.79 Å². The number of rotatable bonds is 5. The lowest BCUT2D eigenvalue weighted by molar-refractivity contribution is -0.128. The van der Waals surface area contributed by atoms with Gasteiger partial charge >= 0.3 is 0 Å². The predicted molar refractivity (Wildman–Crippen MR) is 77.8 cm³/mol. The Bertz CT molecular complexity index is 315. The molecular weight excluding hydrogens is 238 g/mol. The molecule has 4 heteroatoms. The van der Waals surface area contributed by atoms with E-state index in [2.05, 4.69) is 17.1 Å². The maximum Gasteiger partial charge on any atom is 0.224 e. The van der Waals surface area contributed by atoms with Crippen LogP contribution in [0.25, 0.3) is 0 Å². The van der Waals surface area contributed by atoms with Gasteiger partial charge in [-0.2, -0.15) is 0 Å². The Labute approximate surface area is 117 Å². The first kappa shape index (κ1) is 14.8. The van der Waals surface area contributed by atoms with E-state index in [1.54, 1.807) is 0 Å². The summed E-state index contributed by atoms with van der Waals surface area (Å²) < 4.78 is 0. The van der Waals surface area contributed by atoms with Crippen molar-refractivity contribution in [3.63, 3.8) is 0 Å². The van der Waals surface area contributed by atoms with Crippen molar-refractivity contribution in [3.8, 4) is 0 Å². The van der Waals surface area contributed by atoms with E-state index in [0.717, 1.165) is 13.1 Å². The standard InChI is InChI=1S/C15H29N3O/c1-4-17-11-8-12-6-5-7-13(9-11)18(12)10-15(2,3)14(16)19/h11-13,17H,4-10H2,1-3H3,(H2,16,19). The Kier molecular flexibility index (Phi) is 4.51. The van der Waals surface area contributed by atoms with Crippen LogP contribution in [0.2, 0.25) is 0 Å². The third-order valence-corrected chi connectivity index (χ3v) is 4.86. The lowest BCUT2D eigenvalue weighted by Crippen LogP contribution is -2.59. The number of amides is 1. The maximum absolute atomic E-state index is 11.6. The lowest BCUT2D eigenvalue weighted by Gasteiger charge is -2.51. The summed E-state index contributed by atoms with van der Waals surface area (Å²) in [5, 5.41) is 3.60. The van der Waals surface area contributed by atoms with Crippen LogP contribution in [-0.4, -0.2) is 42.0 Å². The second-order valence-electron chi connectivity index (χ2n) is 6.89. The molecule has 0 radical (unpaired) electrons. The number of nitrogens with two attached hydrogens (primary N) is 1. The van der Waals surface area contributed by atoms with Crippen LogP contribution in [0.1, 0.15) is 52.9 Å². The minimum atomic E-state index is -0.418. The molecule has 2 heterocycles. The molecule has 110 valence electrons. The van der Waals surface area contributed by atoms with Crippen LogP contribution in [0.15, 0.2) is 0 Å². The molecular formula is C15H29N3O. The molecule has 1 amide bonds. The van der Waals surface area contributed by atoms with Crippen LogP contribution < -0.4 is 11.1 Å². The van der Waals surface area contributed by atoms with E-state index in [1.165, 1.54) is 32.1 Å². The average molecular weight is 267 g/mol. The lowest BCUT2D eigenvalue weighted by atomic mass is 9.79. The average Bonchev–Trinajstić information content (AvgIpc) is 2.29. The second kappa shape index (κ2) is 5.80. The normalized spacial score (nSPS) is 32.3. The SMILES string of the molecule is CCNC1CC2CCCC(C1)N2CC(C)(C)C(N)=O. The van der Waals surface area contributed by atoms with Crippen LogP contribution >= 0.6 is 0 Å². The van der Waals surface area contributed by atoms with Crippen molar-refractivity contribution in [3.05, 3.63) is 0 Å². The predicted octanol–water partition coefficient (Wildman–Crippen LogP) is 1.49. The van der Waals surface area contributed by atoms with Gasteiger partial charge in [-0.1, -0.05) is 13.3 Å². The molecule has 3 N–H and O–H groups in total. The van der Waals surface area contributed by atoms with Gasteiger partial charge in [-0.3, -0.25) is 9.69 Å². The van der Waals surface area contributed by atoms with Gasteiger partial charge in [-0.15, -0.1) is 0 Å². The number of primary amides is 1. The first-order valence-electron chi connectivity index (χ1n) is 7.73. The summed E-state index contributed by atoms with van der Waals surface area (Å²) in [6.07, 6.45) is 6.32. The quantitative estimate of drug-likeness (QED) is 0.793. The van der Waals surface area contributed by atoms with Crippen LogP contribution in [0.4, 0.5) is 0 Å². The van der Waals surface area contributed by atoms with Gasteiger partial charge in [0.2, 0.25) is 5.91 Å². The molecule has 2 saturated heterocycles. The van der Waals surface area contributed by atoms with Gasteiger partial charge in [0.15, 0.2) is 0 Å². The van der Waals surface area contributed by atoms with Gasteiger partial charge in [-0.25, -0.2) is 0 Å². The highest BCUT2D eigenvalue weighted by Gasteiger charge is 2.41. The van der Waals surface area contributed by atoms with E-state index < -0.39 is 5.41 Å². The van der Waals surface area contributed by atoms with E-state index >= 15 is 0 Å². The summed E-state index contributed by atoms with van der Waals surface area (Å²) in [5.74, 6) is -0.181. The van der Waals surface area contributed by atoms with Crippen LogP contribution in [0.5, 0.6) is 0 Å². The maximum atomic E-state index is 11.6. The molecule has 0 spiro atoms. The topological polar surface area (TPSA) is 58.4 Å². The van der Waals surface area contributed by atoms with Crippen molar-refractivity contribution < 1.29 is 4.79 Å². The zero-order valence-electron chi connectivity index (χ0n) is 12.6. The summed E-state index contributed by atoms with van der Waals surface area (Å²) in [6, 6.07) is 1.93. The highest BCUT2D eigenvalue weighted by atomic mass is 16.1. The van der Waals surface area contributed by atoms with E-state index in [0.29, 0.717) is 18.1 Å². The smallest absolute Gasteiger partial charge is 0.224 e. The molecule has 4 nitrogen and oxygen atoms in total. The highest BCUT2D eigenvalue weighted by molar-refractivity contribution is 5.80. The van der Waals surface area contributed by atoms with E-state index in [-0.39, 0.29) is 5.91 Å². The fraction of sp³-hybridized carbons (Fsp3) is 0.933. The molecule has 0 aromatic rings. The fourth-order valence-corrected chi connectivity index (χ4v) is 3.73. The molecule has 2 rings (SSSR count). The van der Waals surface area contributed by atoms with Crippen LogP contribution in [0.3, 0.4) is 0 Å². The molecule has 0 aliphatic carbocycles. The van der Waals surface area contributed by atoms with Crippen molar-refractivity contribution in [1.29, 1.82) is 0 Å². The molecule has 19 heavy (non-hydrogen) atoms. The van der Waals surface area contributed by atoms with E-state index in [9.17, 15) is 4.79 Å². The number of piperidine rings is 2. The molecule has 0 saturated carbocycles. The van der Waals surface area contributed by atoms with E-state index in [4.69, 9.17) is 5.73 Å². The second-order valence-corrected chi connectivity index (χ2v) is 6.89. The molecule has 2 bridgehead atoms. The van der Waals surface area contributed by atoms with Gasteiger partial charge in [0.25, 0.3) is 0 Å². The Morgan fingerprint density at radius 3 is 2.37 bits per heavy atom. The van der Waals surface area contributed by atoms with Crippen molar-refractivity contribution in [2.45, 2.75) is 71.0 Å². The van der Waals surface area contributed by atoms with Gasteiger partial charge < -0.3 is 11.1 Å². The molecule has 2 atom stereocenters. The molecule has 2 aliphatic heterocycles. The van der Waals surface area contributed by atoms with Gasteiger partial charge in [-0.05, 0) is 46.1 Å². The molecule has 2 unspecified atom stereocenters. The Balaban J connectivity index is 2.04. The first-order chi connectivity index (χ1) is 8.94. The summed E-state index contributed by atoms with van der Waals surface area (Å²) in [6.45, 7) is 7.99. The van der Waals surface area contributed by atoms with Crippen molar-refractivity contribution in [2.24, 2.45) is 11.1 Å². The zero-order valence-corrected chi connectivity index (χ0v) is 12.6. The number of hydrogen-bond acceptors (Lipinski definition) is 3. The van der Waals surface area contributed by atoms with Crippen molar-refractivity contribution in [2.75, 3.05) is 13.1 Å². The number of nitrogens with one attached hydrogen (secondary N) is 1. The Hall–Kier alpha value is -0.610. The monoisotopic (exact) mass is 267 g/mol. The number of carbonyl (C=O) groups is 1. The summed E-state index contributed by atoms with van der Waals surface area (Å²) in [5.41, 5.74) is 5.12.